The standard InChI is InChI=1S/C22H19N5O3/c1-3-15-7-10-17(11-8-15)26-24-19-12-9-16(13-20(19)25-26)23-22(28)18-5-4-6-21(14(18)2)27(29)30/h4-13H,3H2,1-2H3,(H,23,28). The zero-order chi connectivity index (χ0) is 21.3. The van der Waals surface area contributed by atoms with Crippen molar-refractivity contribution < 1.29 is 9.72 Å². The van der Waals surface area contributed by atoms with Gasteiger partial charge in [0.1, 0.15) is 11.0 Å². The van der Waals surface area contributed by atoms with E-state index in [1.54, 1.807) is 36.0 Å². The van der Waals surface area contributed by atoms with E-state index < -0.39 is 10.8 Å². The van der Waals surface area contributed by atoms with Crippen molar-refractivity contribution >= 4 is 28.3 Å². The van der Waals surface area contributed by atoms with Gasteiger partial charge >= 0.3 is 0 Å². The van der Waals surface area contributed by atoms with Crippen LogP contribution in [0.2, 0.25) is 0 Å². The fraction of sp³-hybridized carbons (Fsp3) is 0.136. The zero-order valence-corrected chi connectivity index (χ0v) is 16.5. The molecule has 8 heteroatoms. The molecule has 0 spiro atoms. The third kappa shape index (κ3) is 3.62. The number of hydrogen-bond acceptors (Lipinski definition) is 5. The lowest BCUT2D eigenvalue weighted by Crippen LogP contribution is -2.14. The SMILES string of the molecule is CCc1ccc(-n2nc3ccc(NC(=O)c4cccc([N+](=O)[O-])c4C)cc3n2)cc1. The first-order chi connectivity index (χ1) is 14.5. The van der Waals surface area contributed by atoms with E-state index in [-0.39, 0.29) is 11.3 Å². The number of hydrogen-bond donors (Lipinski definition) is 1. The number of aromatic nitrogens is 3. The summed E-state index contributed by atoms with van der Waals surface area (Å²) in [5.41, 5.74) is 4.42. The Balaban J connectivity index is 1.60. The van der Waals surface area contributed by atoms with E-state index in [1.807, 2.05) is 24.3 Å². The van der Waals surface area contributed by atoms with Gasteiger partial charge in [0.2, 0.25) is 0 Å². The third-order valence-corrected chi connectivity index (χ3v) is 4.96. The predicted octanol–water partition coefficient (Wildman–Crippen LogP) is 4.45. The molecular weight excluding hydrogens is 382 g/mol. The largest absolute Gasteiger partial charge is 0.322 e. The van der Waals surface area contributed by atoms with Crippen LogP contribution in [0.5, 0.6) is 0 Å². The van der Waals surface area contributed by atoms with E-state index in [9.17, 15) is 14.9 Å². The first-order valence-electron chi connectivity index (χ1n) is 9.48. The fourth-order valence-corrected chi connectivity index (χ4v) is 3.24. The Hall–Kier alpha value is -4.07. The van der Waals surface area contributed by atoms with E-state index in [2.05, 4.69) is 22.4 Å². The Morgan fingerprint density at radius 1 is 1.07 bits per heavy atom. The van der Waals surface area contributed by atoms with Crippen LogP contribution in [0.1, 0.15) is 28.4 Å². The van der Waals surface area contributed by atoms with Crippen molar-refractivity contribution in [1.29, 1.82) is 0 Å². The topological polar surface area (TPSA) is 103 Å². The van der Waals surface area contributed by atoms with Crippen LogP contribution >= 0.6 is 0 Å². The minimum atomic E-state index is -0.497. The van der Waals surface area contributed by atoms with Crippen LogP contribution in [0, 0.1) is 17.0 Å². The summed E-state index contributed by atoms with van der Waals surface area (Å²) in [5, 5.41) is 22.9. The molecule has 0 fully saturated rings. The highest BCUT2D eigenvalue weighted by Gasteiger charge is 2.18. The molecule has 4 rings (SSSR count). The third-order valence-electron chi connectivity index (χ3n) is 4.96. The highest BCUT2D eigenvalue weighted by atomic mass is 16.6. The molecule has 8 nitrogen and oxygen atoms in total. The number of benzene rings is 3. The van der Waals surface area contributed by atoms with Crippen molar-refractivity contribution in [3.8, 4) is 5.69 Å². The molecule has 0 aliphatic rings. The molecule has 0 radical (unpaired) electrons. The van der Waals surface area contributed by atoms with Crippen LogP contribution in [0.3, 0.4) is 0 Å². The maximum absolute atomic E-state index is 12.7. The average molecular weight is 401 g/mol. The molecule has 0 aliphatic carbocycles. The highest BCUT2D eigenvalue weighted by molar-refractivity contribution is 6.06. The molecule has 0 unspecified atom stereocenters. The smallest absolute Gasteiger partial charge is 0.273 e. The monoisotopic (exact) mass is 401 g/mol. The number of aryl methyl sites for hydroxylation is 1. The van der Waals surface area contributed by atoms with Crippen LogP contribution in [0.25, 0.3) is 16.7 Å². The van der Waals surface area contributed by atoms with E-state index in [0.29, 0.717) is 22.3 Å². The number of rotatable bonds is 5. The lowest BCUT2D eigenvalue weighted by molar-refractivity contribution is -0.385. The molecule has 0 bridgehead atoms. The molecule has 3 aromatic carbocycles. The normalized spacial score (nSPS) is 10.9. The van der Waals surface area contributed by atoms with Gasteiger partial charge in [-0.25, -0.2) is 0 Å². The van der Waals surface area contributed by atoms with Crippen molar-refractivity contribution in [2.45, 2.75) is 20.3 Å². The Kier molecular flexibility index (Phi) is 4.97. The number of nitro benzene ring substituents is 1. The lowest BCUT2D eigenvalue weighted by atomic mass is 10.1. The molecule has 1 amide bonds. The number of nitro groups is 1. The van der Waals surface area contributed by atoms with Gasteiger partial charge in [0, 0.05) is 22.9 Å². The minimum absolute atomic E-state index is 0.0878. The Labute approximate surface area is 172 Å². The molecule has 0 saturated carbocycles. The van der Waals surface area contributed by atoms with Crippen molar-refractivity contribution in [2.24, 2.45) is 0 Å². The van der Waals surface area contributed by atoms with E-state index in [4.69, 9.17) is 0 Å². The molecule has 1 N–H and O–H groups in total. The van der Waals surface area contributed by atoms with Crippen molar-refractivity contribution in [1.82, 2.24) is 15.0 Å². The Morgan fingerprint density at radius 3 is 2.50 bits per heavy atom. The van der Waals surface area contributed by atoms with Gasteiger partial charge in [0.05, 0.1) is 10.6 Å². The number of carbonyl (C=O) groups is 1. The van der Waals surface area contributed by atoms with Gasteiger partial charge in [-0.1, -0.05) is 25.1 Å². The Morgan fingerprint density at radius 2 is 1.80 bits per heavy atom. The summed E-state index contributed by atoms with van der Waals surface area (Å²) in [5.74, 6) is -0.418. The molecule has 4 aromatic rings. The summed E-state index contributed by atoms with van der Waals surface area (Å²) in [6, 6.07) is 17.7. The molecule has 0 atom stereocenters. The minimum Gasteiger partial charge on any atom is -0.322 e. The highest BCUT2D eigenvalue weighted by Crippen LogP contribution is 2.23. The molecule has 30 heavy (non-hydrogen) atoms. The van der Waals surface area contributed by atoms with Crippen LogP contribution in [-0.2, 0) is 6.42 Å². The van der Waals surface area contributed by atoms with Gasteiger partial charge in [-0.05, 0) is 55.3 Å². The number of fused-ring (bicyclic) bond motifs is 1. The summed E-state index contributed by atoms with van der Waals surface area (Å²) in [6.45, 7) is 3.66. The molecule has 1 heterocycles. The second kappa shape index (κ2) is 7.75. The molecule has 150 valence electrons. The number of anilines is 1. The predicted molar refractivity (Wildman–Crippen MR) is 114 cm³/mol. The van der Waals surface area contributed by atoms with E-state index >= 15 is 0 Å². The summed E-state index contributed by atoms with van der Waals surface area (Å²) in [7, 11) is 0. The second-order valence-corrected chi connectivity index (χ2v) is 6.87. The number of nitrogens with zero attached hydrogens (tertiary/aromatic N) is 4. The van der Waals surface area contributed by atoms with Crippen LogP contribution in [0.4, 0.5) is 11.4 Å². The average Bonchev–Trinajstić information content (AvgIpc) is 3.17. The number of amides is 1. The summed E-state index contributed by atoms with van der Waals surface area (Å²) < 4.78 is 0. The summed E-state index contributed by atoms with van der Waals surface area (Å²) >= 11 is 0. The zero-order valence-electron chi connectivity index (χ0n) is 16.5. The number of nitrogens with one attached hydrogen (secondary N) is 1. The lowest BCUT2D eigenvalue weighted by Gasteiger charge is -2.07. The molecule has 0 aliphatic heterocycles. The maximum Gasteiger partial charge on any atom is 0.273 e. The quantitative estimate of drug-likeness (QED) is 0.393. The van der Waals surface area contributed by atoms with E-state index in [1.165, 1.54) is 17.7 Å². The second-order valence-electron chi connectivity index (χ2n) is 6.87. The molecule has 1 aromatic heterocycles. The maximum atomic E-state index is 12.7. The molecule has 0 saturated heterocycles. The van der Waals surface area contributed by atoms with Crippen molar-refractivity contribution in [3.63, 3.8) is 0 Å². The van der Waals surface area contributed by atoms with Crippen LogP contribution in [-0.4, -0.2) is 25.8 Å². The van der Waals surface area contributed by atoms with Crippen LogP contribution in [0.15, 0.2) is 60.7 Å². The van der Waals surface area contributed by atoms with Gasteiger partial charge in [0.25, 0.3) is 11.6 Å². The van der Waals surface area contributed by atoms with Crippen molar-refractivity contribution in [2.75, 3.05) is 5.32 Å². The first-order valence-corrected chi connectivity index (χ1v) is 9.48. The van der Waals surface area contributed by atoms with Gasteiger partial charge in [-0.2, -0.15) is 4.80 Å². The number of carbonyl (C=O) groups excluding carboxylic acids is 1. The van der Waals surface area contributed by atoms with Gasteiger partial charge in [-0.3, -0.25) is 14.9 Å². The first kappa shape index (κ1) is 19.3. The summed E-state index contributed by atoms with van der Waals surface area (Å²) in [4.78, 5) is 24.8. The Bertz CT molecular complexity index is 1260. The summed E-state index contributed by atoms with van der Waals surface area (Å²) in [6.07, 6.45) is 0.960. The van der Waals surface area contributed by atoms with E-state index in [0.717, 1.165) is 12.1 Å². The fourth-order valence-electron chi connectivity index (χ4n) is 3.24. The van der Waals surface area contributed by atoms with Crippen LogP contribution < -0.4 is 5.32 Å². The van der Waals surface area contributed by atoms with Gasteiger partial charge < -0.3 is 5.32 Å². The van der Waals surface area contributed by atoms with Crippen molar-refractivity contribution in [3.05, 3.63) is 87.5 Å². The van der Waals surface area contributed by atoms with Gasteiger partial charge in [0.15, 0.2) is 0 Å². The van der Waals surface area contributed by atoms with Gasteiger partial charge in [-0.15, -0.1) is 10.2 Å². The molecular formula is C22H19N5O3.